The average molecular weight is 277 g/mol. The van der Waals surface area contributed by atoms with Crippen molar-refractivity contribution in [3.63, 3.8) is 0 Å². The predicted molar refractivity (Wildman–Crippen MR) is 79.0 cm³/mol. The van der Waals surface area contributed by atoms with Crippen LogP contribution in [0, 0.1) is 0 Å². The summed E-state index contributed by atoms with van der Waals surface area (Å²) < 4.78 is 5.11. The largest absolute Gasteiger partial charge is 0.497 e. The Balaban J connectivity index is 1.65. The third-order valence-corrected chi connectivity index (χ3v) is 3.45. The molecule has 1 unspecified atom stereocenters. The van der Waals surface area contributed by atoms with Crippen LogP contribution in [0.1, 0.15) is 12.0 Å². The van der Waals surface area contributed by atoms with E-state index in [2.05, 4.69) is 16.0 Å². The minimum atomic E-state index is 0.111. The fraction of sp³-hybridized carbons (Fsp3) is 0.533. The van der Waals surface area contributed by atoms with Crippen LogP contribution in [0.4, 0.5) is 0 Å². The Hall–Kier alpha value is -1.59. The SMILES string of the molecule is COc1ccc(CCNC(=O)CC2CNCCN2)cc1. The van der Waals surface area contributed by atoms with Crippen LogP contribution in [0.2, 0.25) is 0 Å². The smallest absolute Gasteiger partial charge is 0.221 e. The minimum Gasteiger partial charge on any atom is -0.497 e. The Morgan fingerprint density at radius 1 is 1.35 bits per heavy atom. The lowest BCUT2D eigenvalue weighted by Gasteiger charge is -2.23. The van der Waals surface area contributed by atoms with Crippen molar-refractivity contribution < 1.29 is 9.53 Å². The van der Waals surface area contributed by atoms with Crippen molar-refractivity contribution in [1.29, 1.82) is 0 Å². The summed E-state index contributed by atoms with van der Waals surface area (Å²) in [6, 6.07) is 8.18. The van der Waals surface area contributed by atoms with Crippen LogP contribution >= 0.6 is 0 Å². The maximum atomic E-state index is 11.8. The third kappa shape index (κ3) is 4.83. The average Bonchev–Trinajstić information content (AvgIpc) is 2.49. The van der Waals surface area contributed by atoms with Crippen LogP contribution < -0.4 is 20.7 Å². The van der Waals surface area contributed by atoms with Gasteiger partial charge in [-0.05, 0) is 24.1 Å². The molecule has 0 aromatic heterocycles. The number of amides is 1. The summed E-state index contributed by atoms with van der Waals surface area (Å²) in [6.45, 7) is 3.45. The quantitative estimate of drug-likeness (QED) is 0.700. The first-order valence-electron chi connectivity index (χ1n) is 7.11. The maximum Gasteiger partial charge on any atom is 0.221 e. The Bertz CT molecular complexity index is 414. The molecule has 0 bridgehead atoms. The molecule has 1 heterocycles. The highest BCUT2D eigenvalue weighted by atomic mass is 16.5. The molecule has 0 radical (unpaired) electrons. The van der Waals surface area contributed by atoms with E-state index in [4.69, 9.17) is 4.74 Å². The summed E-state index contributed by atoms with van der Waals surface area (Å²) >= 11 is 0. The van der Waals surface area contributed by atoms with Gasteiger partial charge in [-0.3, -0.25) is 4.79 Å². The van der Waals surface area contributed by atoms with Gasteiger partial charge in [0.15, 0.2) is 0 Å². The Morgan fingerprint density at radius 3 is 2.80 bits per heavy atom. The van der Waals surface area contributed by atoms with Crippen molar-refractivity contribution >= 4 is 5.91 Å². The monoisotopic (exact) mass is 277 g/mol. The number of hydrogen-bond donors (Lipinski definition) is 3. The summed E-state index contributed by atoms with van der Waals surface area (Å²) in [6.07, 6.45) is 1.38. The fourth-order valence-electron chi connectivity index (χ4n) is 2.29. The van der Waals surface area contributed by atoms with E-state index in [1.807, 2.05) is 24.3 Å². The highest BCUT2D eigenvalue weighted by molar-refractivity contribution is 5.76. The van der Waals surface area contributed by atoms with Gasteiger partial charge in [0.1, 0.15) is 5.75 Å². The molecule has 1 aromatic carbocycles. The van der Waals surface area contributed by atoms with E-state index in [-0.39, 0.29) is 11.9 Å². The molecule has 1 atom stereocenters. The first kappa shape index (κ1) is 14.8. The molecule has 1 aliphatic rings. The molecule has 110 valence electrons. The van der Waals surface area contributed by atoms with Crippen LogP contribution in [0.5, 0.6) is 5.75 Å². The zero-order valence-corrected chi connectivity index (χ0v) is 11.9. The molecule has 2 rings (SSSR count). The van der Waals surface area contributed by atoms with Crippen LogP contribution in [0.15, 0.2) is 24.3 Å². The lowest BCUT2D eigenvalue weighted by molar-refractivity contribution is -0.121. The van der Waals surface area contributed by atoms with E-state index in [9.17, 15) is 4.79 Å². The Morgan fingerprint density at radius 2 is 2.15 bits per heavy atom. The van der Waals surface area contributed by atoms with Crippen molar-refractivity contribution in [3.05, 3.63) is 29.8 Å². The highest BCUT2D eigenvalue weighted by Crippen LogP contribution is 2.11. The molecule has 1 aromatic rings. The van der Waals surface area contributed by atoms with Gasteiger partial charge in [-0.2, -0.15) is 0 Å². The Kier molecular flexibility index (Phi) is 5.83. The molecule has 5 heteroatoms. The van der Waals surface area contributed by atoms with Gasteiger partial charge in [-0.1, -0.05) is 12.1 Å². The maximum absolute atomic E-state index is 11.8. The van der Waals surface area contributed by atoms with Gasteiger partial charge in [0, 0.05) is 38.6 Å². The van der Waals surface area contributed by atoms with Crippen molar-refractivity contribution in [2.75, 3.05) is 33.3 Å². The number of benzene rings is 1. The van der Waals surface area contributed by atoms with E-state index >= 15 is 0 Å². The second-order valence-electron chi connectivity index (χ2n) is 5.01. The van der Waals surface area contributed by atoms with E-state index < -0.39 is 0 Å². The normalized spacial score (nSPS) is 18.6. The van der Waals surface area contributed by atoms with Crippen molar-refractivity contribution in [1.82, 2.24) is 16.0 Å². The summed E-state index contributed by atoms with van der Waals surface area (Å²) in [4.78, 5) is 11.8. The van der Waals surface area contributed by atoms with Gasteiger partial charge in [0.2, 0.25) is 5.91 Å². The topological polar surface area (TPSA) is 62.4 Å². The molecule has 0 saturated carbocycles. The number of rotatable bonds is 6. The molecule has 3 N–H and O–H groups in total. The number of methoxy groups -OCH3 is 1. The van der Waals surface area contributed by atoms with Gasteiger partial charge in [0.25, 0.3) is 0 Å². The number of hydrogen-bond acceptors (Lipinski definition) is 4. The third-order valence-electron chi connectivity index (χ3n) is 3.45. The zero-order chi connectivity index (χ0) is 14.2. The van der Waals surface area contributed by atoms with Gasteiger partial charge in [-0.25, -0.2) is 0 Å². The lowest BCUT2D eigenvalue weighted by atomic mass is 10.1. The fourth-order valence-corrected chi connectivity index (χ4v) is 2.29. The summed E-state index contributed by atoms with van der Waals surface area (Å²) in [5.41, 5.74) is 1.20. The first-order chi connectivity index (χ1) is 9.78. The summed E-state index contributed by atoms with van der Waals surface area (Å²) in [5.74, 6) is 0.966. The summed E-state index contributed by atoms with van der Waals surface area (Å²) in [5, 5.41) is 9.58. The second kappa shape index (κ2) is 7.87. The standard InChI is InChI=1S/C15H23N3O2/c1-20-14-4-2-12(3-5-14)6-7-18-15(19)10-13-11-16-8-9-17-13/h2-5,13,16-17H,6-11H2,1H3,(H,18,19). The van der Waals surface area contributed by atoms with Crippen molar-refractivity contribution in [2.45, 2.75) is 18.9 Å². The van der Waals surface area contributed by atoms with E-state index in [0.29, 0.717) is 13.0 Å². The molecule has 0 aliphatic carbocycles. The molecular formula is C15H23N3O2. The van der Waals surface area contributed by atoms with Crippen molar-refractivity contribution in [3.8, 4) is 5.75 Å². The predicted octanol–water partition coefficient (Wildman–Crippen LogP) is 0.305. The van der Waals surface area contributed by atoms with Crippen LogP contribution in [0.3, 0.4) is 0 Å². The van der Waals surface area contributed by atoms with E-state index in [1.165, 1.54) is 5.56 Å². The van der Waals surface area contributed by atoms with E-state index in [0.717, 1.165) is 31.8 Å². The highest BCUT2D eigenvalue weighted by Gasteiger charge is 2.15. The lowest BCUT2D eigenvalue weighted by Crippen LogP contribution is -2.50. The minimum absolute atomic E-state index is 0.111. The first-order valence-corrected chi connectivity index (χ1v) is 7.11. The molecule has 0 spiro atoms. The van der Waals surface area contributed by atoms with E-state index in [1.54, 1.807) is 7.11 Å². The molecule has 5 nitrogen and oxygen atoms in total. The Labute approximate surface area is 120 Å². The van der Waals surface area contributed by atoms with Gasteiger partial charge in [-0.15, -0.1) is 0 Å². The molecule has 20 heavy (non-hydrogen) atoms. The summed E-state index contributed by atoms with van der Waals surface area (Å²) in [7, 11) is 1.66. The van der Waals surface area contributed by atoms with Crippen molar-refractivity contribution in [2.24, 2.45) is 0 Å². The number of carbonyl (C=O) groups is 1. The number of ether oxygens (including phenoxy) is 1. The van der Waals surface area contributed by atoms with Crippen LogP contribution in [-0.4, -0.2) is 45.2 Å². The van der Waals surface area contributed by atoms with Gasteiger partial charge >= 0.3 is 0 Å². The molecule has 1 fully saturated rings. The van der Waals surface area contributed by atoms with Gasteiger partial charge < -0.3 is 20.7 Å². The number of piperazine rings is 1. The van der Waals surface area contributed by atoms with Crippen LogP contribution in [-0.2, 0) is 11.2 Å². The molecule has 1 aliphatic heterocycles. The number of carbonyl (C=O) groups excluding carboxylic acids is 1. The zero-order valence-electron chi connectivity index (χ0n) is 11.9. The van der Waals surface area contributed by atoms with Gasteiger partial charge in [0.05, 0.1) is 7.11 Å². The second-order valence-corrected chi connectivity index (χ2v) is 5.01. The molecule has 1 saturated heterocycles. The molecule has 1 amide bonds. The number of nitrogens with one attached hydrogen (secondary N) is 3. The molecular weight excluding hydrogens is 254 g/mol. The van der Waals surface area contributed by atoms with Crippen LogP contribution in [0.25, 0.3) is 0 Å².